The van der Waals surface area contributed by atoms with E-state index in [1.54, 1.807) is 13.0 Å². The van der Waals surface area contributed by atoms with E-state index in [0.717, 1.165) is 11.8 Å². The highest BCUT2D eigenvalue weighted by atomic mass is 32.2. The summed E-state index contributed by atoms with van der Waals surface area (Å²) in [6.45, 7) is 1.59. The summed E-state index contributed by atoms with van der Waals surface area (Å²) in [6.07, 6.45) is 0. The van der Waals surface area contributed by atoms with Gasteiger partial charge in [-0.2, -0.15) is 0 Å². The Labute approximate surface area is 120 Å². The van der Waals surface area contributed by atoms with Gasteiger partial charge in [0.2, 0.25) is 15.9 Å². The van der Waals surface area contributed by atoms with Gasteiger partial charge in [0, 0.05) is 5.69 Å². The van der Waals surface area contributed by atoms with Crippen LogP contribution in [0.4, 0.5) is 5.69 Å². The van der Waals surface area contributed by atoms with E-state index < -0.39 is 21.9 Å². The molecule has 0 aliphatic carbocycles. The summed E-state index contributed by atoms with van der Waals surface area (Å²) in [6, 6.07) is 4.34. The van der Waals surface area contributed by atoms with Crippen molar-refractivity contribution in [3.63, 3.8) is 0 Å². The molecule has 110 valence electrons. The Bertz CT molecular complexity index is 628. The Morgan fingerprint density at radius 2 is 2.00 bits per heavy atom. The van der Waals surface area contributed by atoms with Crippen LogP contribution in [0.3, 0.4) is 0 Å². The minimum atomic E-state index is -3.85. The van der Waals surface area contributed by atoms with Gasteiger partial charge in [0.1, 0.15) is 0 Å². The van der Waals surface area contributed by atoms with Crippen molar-refractivity contribution < 1.29 is 23.1 Å². The number of aliphatic carboxylic acids is 1. The molecule has 0 aliphatic heterocycles. The molecule has 0 aromatic heterocycles. The van der Waals surface area contributed by atoms with Crippen molar-refractivity contribution >= 4 is 39.3 Å². The summed E-state index contributed by atoms with van der Waals surface area (Å²) < 4.78 is 22.7. The van der Waals surface area contributed by atoms with Crippen molar-refractivity contribution in [3.8, 4) is 0 Å². The summed E-state index contributed by atoms with van der Waals surface area (Å²) in [4.78, 5) is 21.8. The zero-order valence-electron chi connectivity index (χ0n) is 10.6. The number of sulfonamides is 1. The Balaban J connectivity index is 2.74. The van der Waals surface area contributed by atoms with Gasteiger partial charge in [-0.15, -0.1) is 11.8 Å². The molecule has 0 fully saturated rings. The van der Waals surface area contributed by atoms with Gasteiger partial charge in [0.15, 0.2) is 0 Å². The minimum absolute atomic E-state index is 0.0368. The number of carboxylic acid groups (broad SMARTS) is 1. The van der Waals surface area contributed by atoms with Crippen LogP contribution in [-0.4, -0.2) is 36.9 Å². The first-order valence-corrected chi connectivity index (χ1v) is 8.13. The van der Waals surface area contributed by atoms with Crippen molar-refractivity contribution in [2.75, 3.05) is 16.8 Å². The van der Waals surface area contributed by atoms with Gasteiger partial charge in [0.25, 0.3) is 0 Å². The molecule has 20 heavy (non-hydrogen) atoms. The van der Waals surface area contributed by atoms with E-state index in [9.17, 15) is 18.0 Å². The predicted molar refractivity (Wildman–Crippen MR) is 76.1 cm³/mol. The zero-order chi connectivity index (χ0) is 15.3. The number of thioether (sulfide) groups is 1. The number of amides is 1. The van der Waals surface area contributed by atoms with Crippen LogP contribution in [-0.2, 0) is 19.6 Å². The molecular formula is C11H14N2O5S2. The van der Waals surface area contributed by atoms with Crippen LogP contribution >= 0.6 is 11.8 Å². The highest BCUT2D eigenvalue weighted by molar-refractivity contribution is 8.00. The molecule has 0 atom stereocenters. The molecule has 0 unspecified atom stereocenters. The third kappa shape index (κ3) is 5.19. The van der Waals surface area contributed by atoms with Crippen molar-refractivity contribution in [1.82, 2.24) is 0 Å². The quantitative estimate of drug-likeness (QED) is 0.697. The minimum Gasteiger partial charge on any atom is -0.481 e. The molecule has 0 radical (unpaired) electrons. The average molecular weight is 318 g/mol. The zero-order valence-corrected chi connectivity index (χ0v) is 12.3. The van der Waals surface area contributed by atoms with E-state index in [2.05, 4.69) is 5.32 Å². The van der Waals surface area contributed by atoms with E-state index in [0.29, 0.717) is 11.3 Å². The van der Waals surface area contributed by atoms with Gasteiger partial charge in [-0.05, 0) is 24.6 Å². The van der Waals surface area contributed by atoms with E-state index in [-0.39, 0.29) is 16.4 Å². The Morgan fingerprint density at radius 3 is 2.55 bits per heavy atom. The van der Waals surface area contributed by atoms with E-state index >= 15 is 0 Å². The van der Waals surface area contributed by atoms with Crippen LogP contribution in [0.25, 0.3) is 0 Å². The van der Waals surface area contributed by atoms with E-state index in [4.69, 9.17) is 10.2 Å². The average Bonchev–Trinajstić information content (AvgIpc) is 2.29. The topological polar surface area (TPSA) is 127 Å². The second-order valence-electron chi connectivity index (χ2n) is 3.96. The number of hydrogen-bond donors (Lipinski definition) is 3. The third-order valence-electron chi connectivity index (χ3n) is 2.24. The van der Waals surface area contributed by atoms with Gasteiger partial charge < -0.3 is 10.4 Å². The largest absolute Gasteiger partial charge is 0.481 e. The lowest BCUT2D eigenvalue weighted by Gasteiger charge is -2.08. The molecule has 1 rings (SSSR count). The molecule has 4 N–H and O–H groups in total. The summed E-state index contributed by atoms with van der Waals surface area (Å²) in [5.74, 6) is -1.63. The first-order chi connectivity index (χ1) is 9.20. The van der Waals surface area contributed by atoms with Crippen LogP contribution < -0.4 is 10.5 Å². The molecule has 1 aromatic carbocycles. The monoisotopic (exact) mass is 318 g/mol. The Morgan fingerprint density at radius 1 is 1.35 bits per heavy atom. The molecule has 0 saturated carbocycles. The summed E-state index contributed by atoms with van der Waals surface area (Å²) in [7, 11) is -3.85. The van der Waals surface area contributed by atoms with Gasteiger partial charge in [-0.1, -0.05) is 6.07 Å². The fraction of sp³-hybridized carbons (Fsp3) is 0.273. The van der Waals surface area contributed by atoms with Crippen LogP contribution in [0.1, 0.15) is 5.56 Å². The number of nitrogens with one attached hydrogen (secondary N) is 1. The fourth-order valence-electron chi connectivity index (χ4n) is 1.41. The highest BCUT2D eigenvalue weighted by Crippen LogP contribution is 2.19. The standard InChI is InChI=1S/C11H14N2O5S2/c1-7-2-3-8(4-9(7)20(12,17)18)13-10(14)5-19-6-11(15)16/h2-4H,5-6H2,1H3,(H,13,14)(H,15,16)(H2,12,17,18). The number of hydrogen-bond acceptors (Lipinski definition) is 5. The fourth-order valence-corrected chi connectivity index (χ4v) is 2.75. The number of benzene rings is 1. The maximum atomic E-state index is 11.5. The molecule has 1 aromatic rings. The molecule has 9 heteroatoms. The Kier molecular flexibility index (Phi) is 5.54. The lowest BCUT2D eigenvalue weighted by atomic mass is 10.2. The van der Waals surface area contributed by atoms with Gasteiger partial charge in [0.05, 0.1) is 16.4 Å². The number of aryl methyl sites for hydroxylation is 1. The lowest BCUT2D eigenvalue weighted by molar-refractivity contribution is -0.133. The molecular weight excluding hydrogens is 304 g/mol. The molecule has 0 bridgehead atoms. The summed E-state index contributed by atoms with van der Waals surface area (Å²) >= 11 is 0.947. The van der Waals surface area contributed by atoms with Crippen molar-refractivity contribution in [3.05, 3.63) is 23.8 Å². The van der Waals surface area contributed by atoms with Crippen molar-refractivity contribution in [2.24, 2.45) is 5.14 Å². The smallest absolute Gasteiger partial charge is 0.313 e. The van der Waals surface area contributed by atoms with Crippen LogP contribution in [0, 0.1) is 6.92 Å². The molecule has 0 aliphatic rings. The third-order valence-corrected chi connectivity index (χ3v) is 4.21. The summed E-state index contributed by atoms with van der Waals surface area (Å²) in [5, 5.41) is 16.0. The van der Waals surface area contributed by atoms with Gasteiger partial charge in [-0.3, -0.25) is 9.59 Å². The number of carboxylic acids is 1. The van der Waals surface area contributed by atoms with Crippen molar-refractivity contribution in [2.45, 2.75) is 11.8 Å². The van der Waals surface area contributed by atoms with Crippen LogP contribution in [0.15, 0.2) is 23.1 Å². The molecule has 0 spiro atoms. The normalized spacial score (nSPS) is 11.1. The first-order valence-electron chi connectivity index (χ1n) is 5.43. The highest BCUT2D eigenvalue weighted by Gasteiger charge is 2.13. The van der Waals surface area contributed by atoms with E-state index in [1.807, 2.05) is 0 Å². The van der Waals surface area contributed by atoms with Crippen molar-refractivity contribution in [1.29, 1.82) is 0 Å². The predicted octanol–water partition coefficient (Wildman–Crippen LogP) is 0.399. The number of carbonyl (C=O) groups excluding carboxylic acids is 1. The number of primary sulfonamides is 1. The maximum Gasteiger partial charge on any atom is 0.313 e. The van der Waals surface area contributed by atoms with Gasteiger partial charge in [-0.25, -0.2) is 13.6 Å². The second-order valence-corrected chi connectivity index (χ2v) is 6.48. The maximum absolute atomic E-state index is 11.5. The first kappa shape index (κ1) is 16.5. The lowest BCUT2D eigenvalue weighted by Crippen LogP contribution is -2.17. The number of rotatable bonds is 6. The molecule has 0 saturated heterocycles. The molecule has 0 heterocycles. The number of carbonyl (C=O) groups is 2. The summed E-state index contributed by atoms with van der Waals surface area (Å²) in [5.41, 5.74) is 0.770. The SMILES string of the molecule is Cc1ccc(NC(=O)CSCC(=O)O)cc1S(N)(=O)=O. The van der Waals surface area contributed by atoms with Crippen LogP contribution in [0.2, 0.25) is 0 Å². The molecule has 1 amide bonds. The Hall–Kier alpha value is -1.58. The molecule has 7 nitrogen and oxygen atoms in total. The van der Waals surface area contributed by atoms with Gasteiger partial charge >= 0.3 is 5.97 Å². The number of anilines is 1. The number of nitrogens with two attached hydrogens (primary N) is 1. The van der Waals surface area contributed by atoms with E-state index in [1.165, 1.54) is 12.1 Å². The van der Waals surface area contributed by atoms with Crippen LogP contribution in [0.5, 0.6) is 0 Å². The second kappa shape index (κ2) is 6.73.